The Morgan fingerprint density at radius 2 is 2.14 bits per heavy atom. The summed E-state index contributed by atoms with van der Waals surface area (Å²) in [6, 6.07) is 7.68. The van der Waals surface area contributed by atoms with Crippen LogP contribution in [0.25, 0.3) is 0 Å². The van der Waals surface area contributed by atoms with Crippen LogP contribution in [0.5, 0.6) is 0 Å². The zero-order valence-electron chi connectivity index (χ0n) is 13.2. The summed E-state index contributed by atoms with van der Waals surface area (Å²) >= 11 is 6.05. The van der Waals surface area contributed by atoms with Gasteiger partial charge in [-0.25, -0.2) is 4.79 Å². The van der Waals surface area contributed by atoms with E-state index in [1.54, 1.807) is 0 Å². The van der Waals surface area contributed by atoms with E-state index in [2.05, 4.69) is 22.3 Å². The van der Waals surface area contributed by atoms with Crippen molar-refractivity contribution in [1.82, 2.24) is 10.6 Å². The van der Waals surface area contributed by atoms with Gasteiger partial charge in [0.1, 0.15) is 0 Å². The lowest BCUT2D eigenvalue weighted by Gasteiger charge is -2.19. The Bertz CT molecular complexity index is 443. The van der Waals surface area contributed by atoms with Crippen molar-refractivity contribution in [2.24, 2.45) is 0 Å². The van der Waals surface area contributed by atoms with Crippen molar-refractivity contribution in [3.8, 4) is 0 Å². The van der Waals surface area contributed by atoms with Gasteiger partial charge in [0.05, 0.1) is 19.8 Å². The lowest BCUT2D eigenvalue weighted by Crippen LogP contribution is -2.28. The van der Waals surface area contributed by atoms with E-state index in [1.807, 2.05) is 24.3 Å². The molecule has 1 atom stereocenters. The molecule has 0 saturated carbocycles. The van der Waals surface area contributed by atoms with Crippen molar-refractivity contribution in [2.45, 2.75) is 25.9 Å². The molecule has 1 rings (SSSR count). The molecule has 0 bridgehead atoms. The van der Waals surface area contributed by atoms with Gasteiger partial charge in [0.15, 0.2) is 0 Å². The van der Waals surface area contributed by atoms with Crippen LogP contribution < -0.4 is 10.6 Å². The van der Waals surface area contributed by atoms with Crippen LogP contribution >= 0.6 is 11.6 Å². The molecule has 1 aromatic carbocycles. The highest BCUT2D eigenvalue weighted by atomic mass is 35.5. The number of methoxy groups -OCH3 is 1. The molecule has 2 N–H and O–H groups in total. The summed E-state index contributed by atoms with van der Waals surface area (Å²) in [5, 5.41) is 6.66. The third-order valence-electron chi connectivity index (χ3n) is 3.11. The number of hydrogen-bond donors (Lipinski definition) is 2. The average Bonchev–Trinajstić information content (AvgIpc) is 2.53. The standard InChI is InChI=1S/C16H25ClN2O3/c1-3-8-18-9-7-15(13-5-4-6-14(17)12-13)22-11-10-19-16(20)21-2/h4-6,12,15,18H,3,7-11H2,1-2H3,(H,19,20). The summed E-state index contributed by atoms with van der Waals surface area (Å²) in [6.45, 7) is 4.82. The van der Waals surface area contributed by atoms with Crippen LogP contribution in [-0.2, 0) is 9.47 Å². The van der Waals surface area contributed by atoms with E-state index in [0.717, 1.165) is 31.5 Å². The van der Waals surface area contributed by atoms with Crippen molar-refractivity contribution >= 4 is 17.7 Å². The van der Waals surface area contributed by atoms with E-state index in [4.69, 9.17) is 16.3 Å². The first-order valence-corrected chi connectivity index (χ1v) is 7.94. The number of alkyl carbamates (subject to hydrolysis) is 1. The van der Waals surface area contributed by atoms with Gasteiger partial charge >= 0.3 is 6.09 Å². The predicted molar refractivity (Wildman–Crippen MR) is 88.3 cm³/mol. The molecule has 0 radical (unpaired) electrons. The summed E-state index contributed by atoms with van der Waals surface area (Å²) in [5.74, 6) is 0. The van der Waals surface area contributed by atoms with E-state index in [0.29, 0.717) is 18.2 Å². The van der Waals surface area contributed by atoms with E-state index in [9.17, 15) is 4.79 Å². The molecule has 1 amide bonds. The zero-order valence-corrected chi connectivity index (χ0v) is 14.0. The topological polar surface area (TPSA) is 59.6 Å². The van der Waals surface area contributed by atoms with Gasteiger partial charge in [-0.05, 0) is 43.6 Å². The molecule has 1 aromatic rings. The van der Waals surface area contributed by atoms with Crippen LogP contribution in [0.2, 0.25) is 5.02 Å². The van der Waals surface area contributed by atoms with Crippen LogP contribution in [-0.4, -0.2) is 39.4 Å². The van der Waals surface area contributed by atoms with Gasteiger partial charge in [-0.2, -0.15) is 0 Å². The highest BCUT2D eigenvalue weighted by Crippen LogP contribution is 2.23. The Morgan fingerprint density at radius 1 is 1.32 bits per heavy atom. The SMILES string of the molecule is CCCNCCC(OCCNC(=O)OC)c1cccc(Cl)c1. The van der Waals surface area contributed by atoms with Gasteiger partial charge in [-0.15, -0.1) is 0 Å². The molecule has 124 valence electrons. The minimum absolute atomic E-state index is 0.0532. The van der Waals surface area contributed by atoms with E-state index >= 15 is 0 Å². The third-order valence-corrected chi connectivity index (χ3v) is 3.34. The fourth-order valence-electron chi connectivity index (χ4n) is 2.01. The number of rotatable bonds is 10. The molecular formula is C16H25ClN2O3. The van der Waals surface area contributed by atoms with Crippen molar-refractivity contribution in [3.63, 3.8) is 0 Å². The Hall–Kier alpha value is -1.30. The molecule has 0 heterocycles. The minimum Gasteiger partial charge on any atom is -0.453 e. The molecule has 0 aromatic heterocycles. The number of hydrogen-bond acceptors (Lipinski definition) is 4. The first-order chi connectivity index (χ1) is 10.7. The molecule has 0 spiro atoms. The van der Waals surface area contributed by atoms with Crippen LogP contribution in [0.4, 0.5) is 4.79 Å². The molecule has 0 aliphatic carbocycles. The van der Waals surface area contributed by atoms with Crippen LogP contribution in [0.15, 0.2) is 24.3 Å². The fourth-order valence-corrected chi connectivity index (χ4v) is 2.21. The van der Waals surface area contributed by atoms with Crippen LogP contribution in [0.1, 0.15) is 31.4 Å². The number of amides is 1. The number of nitrogens with one attached hydrogen (secondary N) is 2. The number of ether oxygens (including phenoxy) is 2. The summed E-state index contributed by atoms with van der Waals surface area (Å²) in [6.07, 6.45) is 1.44. The molecule has 0 fully saturated rings. The zero-order chi connectivity index (χ0) is 16.2. The normalized spacial score (nSPS) is 12.0. The summed E-state index contributed by atoms with van der Waals surface area (Å²) in [4.78, 5) is 11.0. The van der Waals surface area contributed by atoms with Crippen molar-refractivity contribution in [2.75, 3.05) is 33.4 Å². The Labute approximate surface area is 137 Å². The summed E-state index contributed by atoms with van der Waals surface area (Å²) < 4.78 is 10.4. The minimum atomic E-state index is -0.451. The van der Waals surface area contributed by atoms with E-state index in [1.165, 1.54) is 7.11 Å². The maximum atomic E-state index is 11.0. The number of benzene rings is 1. The second-order valence-corrected chi connectivity index (χ2v) is 5.31. The van der Waals surface area contributed by atoms with Crippen molar-refractivity contribution in [1.29, 1.82) is 0 Å². The highest BCUT2D eigenvalue weighted by molar-refractivity contribution is 6.30. The largest absolute Gasteiger partial charge is 0.453 e. The highest BCUT2D eigenvalue weighted by Gasteiger charge is 2.12. The van der Waals surface area contributed by atoms with Gasteiger partial charge in [-0.3, -0.25) is 0 Å². The lowest BCUT2D eigenvalue weighted by molar-refractivity contribution is 0.0483. The first-order valence-electron chi connectivity index (χ1n) is 7.57. The third kappa shape index (κ3) is 7.64. The van der Waals surface area contributed by atoms with Crippen molar-refractivity contribution in [3.05, 3.63) is 34.9 Å². The quantitative estimate of drug-likeness (QED) is 0.648. The Kier molecular flexibility index (Phi) is 9.62. The van der Waals surface area contributed by atoms with E-state index in [-0.39, 0.29) is 6.10 Å². The molecule has 0 saturated heterocycles. The summed E-state index contributed by atoms with van der Waals surface area (Å²) in [5.41, 5.74) is 1.05. The molecule has 6 heteroatoms. The number of halogens is 1. The molecule has 1 unspecified atom stereocenters. The van der Waals surface area contributed by atoms with Crippen LogP contribution in [0.3, 0.4) is 0 Å². The second-order valence-electron chi connectivity index (χ2n) is 4.87. The molecule has 0 aliphatic rings. The van der Waals surface area contributed by atoms with Gasteiger partial charge in [0.2, 0.25) is 0 Å². The van der Waals surface area contributed by atoms with Gasteiger partial charge < -0.3 is 20.1 Å². The van der Waals surface area contributed by atoms with Gasteiger partial charge in [0, 0.05) is 11.6 Å². The van der Waals surface area contributed by atoms with Crippen molar-refractivity contribution < 1.29 is 14.3 Å². The Morgan fingerprint density at radius 3 is 2.82 bits per heavy atom. The predicted octanol–water partition coefficient (Wildman–Crippen LogP) is 3.14. The maximum Gasteiger partial charge on any atom is 0.406 e. The molecule has 5 nitrogen and oxygen atoms in total. The number of carbonyl (C=O) groups is 1. The first kappa shape index (κ1) is 18.7. The molecule has 0 aliphatic heterocycles. The number of carbonyl (C=O) groups excluding carboxylic acids is 1. The van der Waals surface area contributed by atoms with Gasteiger partial charge in [0.25, 0.3) is 0 Å². The second kappa shape index (κ2) is 11.3. The maximum absolute atomic E-state index is 11.0. The van der Waals surface area contributed by atoms with Gasteiger partial charge in [-0.1, -0.05) is 30.7 Å². The smallest absolute Gasteiger partial charge is 0.406 e. The molecular weight excluding hydrogens is 304 g/mol. The average molecular weight is 329 g/mol. The fraction of sp³-hybridized carbons (Fsp3) is 0.562. The monoisotopic (exact) mass is 328 g/mol. The lowest BCUT2D eigenvalue weighted by atomic mass is 10.1. The van der Waals surface area contributed by atoms with E-state index < -0.39 is 6.09 Å². The summed E-state index contributed by atoms with van der Waals surface area (Å²) in [7, 11) is 1.34. The Balaban J connectivity index is 2.48. The molecule has 22 heavy (non-hydrogen) atoms. The van der Waals surface area contributed by atoms with Crippen LogP contribution in [0, 0.1) is 0 Å².